The average molecular weight is 417 g/mol. The number of rotatable bonds is 6. The molecule has 1 aliphatic heterocycles. The zero-order valence-electron chi connectivity index (χ0n) is 15.0. The third-order valence-corrected chi connectivity index (χ3v) is 11.3. The first-order chi connectivity index (χ1) is 13.1. The van der Waals surface area contributed by atoms with Crippen LogP contribution in [0, 0.1) is 0 Å². The minimum Gasteiger partial charge on any atom is -0.450 e. The van der Waals surface area contributed by atoms with Gasteiger partial charge >= 0.3 is 0 Å². The van der Waals surface area contributed by atoms with E-state index in [1.165, 1.54) is 36.3 Å². The van der Waals surface area contributed by atoms with Crippen LogP contribution in [0.3, 0.4) is 0 Å². The van der Waals surface area contributed by atoms with Gasteiger partial charge in [-0.15, -0.1) is 11.8 Å². The Balaban J connectivity index is 1.33. The molecule has 0 atom stereocenters. The topological polar surface area (TPSA) is 80.9 Å². The van der Waals surface area contributed by atoms with Crippen molar-refractivity contribution in [2.45, 2.75) is 41.4 Å². The van der Waals surface area contributed by atoms with E-state index >= 15 is 0 Å². The first kappa shape index (κ1) is 18.4. The van der Waals surface area contributed by atoms with Gasteiger partial charge in [-0.1, -0.05) is 42.8 Å². The monoisotopic (exact) mass is 416 g/mol. The second-order valence-corrected chi connectivity index (χ2v) is 13.8. The third kappa shape index (κ3) is 4.31. The molecule has 27 heavy (non-hydrogen) atoms. The number of thiazole rings is 1. The van der Waals surface area contributed by atoms with Gasteiger partial charge in [-0.3, -0.25) is 15.1 Å². The van der Waals surface area contributed by atoms with Crippen LogP contribution >= 0.6 is 23.1 Å². The van der Waals surface area contributed by atoms with Crippen LogP contribution < -0.4 is 10.7 Å². The fourth-order valence-corrected chi connectivity index (χ4v) is 8.51. The van der Waals surface area contributed by atoms with Crippen LogP contribution in [0.4, 0.5) is 5.13 Å². The molecule has 1 fully saturated rings. The number of pyridine rings is 1. The number of aromatic nitrogens is 3. The van der Waals surface area contributed by atoms with E-state index in [1.807, 2.05) is 6.20 Å². The van der Waals surface area contributed by atoms with Gasteiger partial charge in [-0.05, 0) is 12.1 Å². The molecule has 9 heteroatoms. The molecule has 0 aromatic carbocycles. The summed E-state index contributed by atoms with van der Waals surface area (Å²) < 4.78 is 7.08. The van der Waals surface area contributed by atoms with Crippen LogP contribution in [0.15, 0.2) is 45.5 Å². The van der Waals surface area contributed by atoms with E-state index in [-0.39, 0.29) is 5.91 Å². The molecule has 0 spiro atoms. The Morgan fingerprint density at radius 1 is 1.26 bits per heavy atom. The molecule has 1 saturated heterocycles. The summed E-state index contributed by atoms with van der Waals surface area (Å²) in [6.07, 6.45) is 9.55. The number of anilines is 1. The van der Waals surface area contributed by atoms with Crippen molar-refractivity contribution in [3.05, 3.63) is 48.4 Å². The maximum atomic E-state index is 12.2. The molecule has 1 N–H and O–H groups in total. The summed E-state index contributed by atoms with van der Waals surface area (Å²) in [7, 11) is -1.40. The number of nitrogens with one attached hydrogen (secondary N) is 1. The number of carbonyl (C=O) groups is 1. The van der Waals surface area contributed by atoms with Gasteiger partial charge in [0, 0.05) is 18.0 Å². The first-order valence-corrected chi connectivity index (χ1v) is 13.6. The van der Waals surface area contributed by atoms with E-state index in [1.54, 1.807) is 42.5 Å². The zero-order valence-corrected chi connectivity index (χ0v) is 17.6. The van der Waals surface area contributed by atoms with Crippen molar-refractivity contribution in [1.82, 2.24) is 15.0 Å². The lowest BCUT2D eigenvalue weighted by atomic mass is 10.2. The Kier molecular flexibility index (Phi) is 5.42. The van der Waals surface area contributed by atoms with E-state index < -0.39 is 8.07 Å². The molecule has 140 valence electrons. The molecule has 3 aromatic heterocycles. The van der Waals surface area contributed by atoms with Crippen molar-refractivity contribution in [2.75, 3.05) is 5.32 Å². The van der Waals surface area contributed by atoms with Gasteiger partial charge in [-0.2, -0.15) is 0 Å². The molecule has 4 rings (SSSR count). The van der Waals surface area contributed by atoms with Crippen LogP contribution in [-0.4, -0.2) is 28.9 Å². The van der Waals surface area contributed by atoms with Crippen molar-refractivity contribution >= 4 is 47.6 Å². The Labute approximate surface area is 166 Å². The van der Waals surface area contributed by atoms with E-state index in [4.69, 9.17) is 4.42 Å². The third-order valence-electron chi connectivity index (χ3n) is 4.84. The van der Waals surface area contributed by atoms with Crippen molar-refractivity contribution in [2.24, 2.45) is 0 Å². The summed E-state index contributed by atoms with van der Waals surface area (Å²) in [6, 6.07) is 5.97. The summed E-state index contributed by atoms with van der Waals surface area (Å²) >= 11 is 3.08. The lowest BCUT2D eigenvalue weighted by Gasteiger charge is -2.16. The SMILES string of the molecule is C[Si]1(c2cnc(CSc3cnc(NC(=O)c4ccncc4)s3)o2)CCCC1. The van der Waals surface area contributed by atoms with Gasteiger partial charge in [0.1, 0.15) is 13.5 Å². The standard InChI is InChI=1S/C18H20N4O2S2Si/c1-27(8-2-3-9-27)15-10-20-14(24-15)12-25-16-11-21-18(26-16)22-17(23)13-4-6-19-7-5-13/h4-7,10-11H,2-3,8-9,12H2,1H3,(H,21,22,23). The highest BCUT2D eigenvalue weighted by Crippen LogP contribution is 2.32. The number of carbonyl (C=O) groups excluding carboxylic acids is 1. The lowest BCUT2D eigenvalue weighted by molar-refractivity contribution is 0.102. The van der Waals surface area contributed by atoms with E-state index in [0.29, 0.717) is 16.4 Å². The molecular weight excluding hydrogens is 396 g/mol. The molecule has 3 aromatic rings. The molecular formula is C18H20N4O2S2Si. The van der Waals surface area contributed by atoms with Gasteiger partial charge in [0.25, 0.3) is 5.91 Å². The highest BCUT2D eigenvalue weighted by molar-refractivity contribution is 8.00. The number of thioether (sulfide) groups is 1. The van der Waals surface area contributed by atoms with Crippen LogP contribution in [0.1, 0.15) is 29.1 Å². The van der Waals surface area contributed by atoms with E-state index in [9.17, 15) is 4.79 Å². The summed E-state index contributed by atoms with van der Waals surface area (Å²) in [4.78, 5) is 24.8. The smallest absolute Gasteiger partial charge is 0.257 e. The van der Waals surface area contributed by atoms with Crippen molar-refractivity contribution in [1.29, 1.82) is 0 Å². The molecule has 1 amide bonds. The predicted octanol–water partition coefficient (Wildman–Crippen LogP) is 4.15. The maximum Gasteiger partial charge on any atom is 0.257 e. The normalized spacial score (nSPS) is 15.7. The summed E-state index contributed by atoms with van der Waals surface area (Å²) in [6.45, 7) is 2.40. The summed E-state index contributed by atoms with van der Waals surface area (Å²) in [5.74, 6) is 1.26. The molecule has 0 bridgehead atoms. The van der Waals surface area contributed by atoms with Crippen molar-refractivity contribution < 1.29 is 9.21 Å². The van der Waals surface area contributed by atoms with Gasteiger partial charge in [0.05, 0.1) is 22.4 Å². The quantitative estimate of drug-likeness (QED) is 0.480. The molecule has 4 heterocycles. The molecule has 0 saturated carbocycles. The second kappa shape index (κ2) is 7.95. The van der Waals surface area contributed by atoms with E-state index in [2.05, 4.69) is 26.8 Å². The fraction of sp³-hybridized carbons (Fsp3) is 0.333. The van der Waals surface area contributed by atoms with Crippen LogP contribution in [0.5, 0.6) is 0 Å². The van der Waals surface area contributed by atoms with Gasteiger partial charge in [0.2, 0.25) is 5.89 Å². The minimum atomic E-state index is -1.40. The maximum absolute atomic E-state index is 12.2. The number of nitrogens with zero attached hydrogens (tertiary/aromatic N) is 3. The summed E-state index contributed by atoms with van der Waals surface area (Å²) in [5.41, 5.74) is 0.561. The zero-order chi connectivity index (χ0) is 18.7. The van der Waals surface area contributed by atoms with Crippen LogP contribution in [0.2, 0.25) is 18.6 Å². The Bertz CT molecular complexity index is 922. The highest BCUT2D eigenvalue weighted by atomic mass is 32.2. The highest BCUT2D eigenvalue weighted by Gasteiger charge is 2.36. The molecule has 0 aliphatic carbocycles. The average Bonchev–Trinajstić information content (AvgIpc) is 3.42. The molecule has 0 radical (unpaired) electrons. The van der Waals surface area contributed by atoms with Gasteiger partial charge < -0.3 is 4.42 Å². The summed E-state index contributed by atoms with van der Waals surface area (Å²) in [5, 5.41) is 4.54. The Morgan fingerprint density at radius 3 is 2.81 bits per heavy atom. The van der Waals surface area contributed by atoms with E-state index in [0.717, 1.165) is 15.5 Å². The van der Waals surface area contributed by atoms with Gasteiger partial charge in [0.15, 0.2) is 5.13 Å². The first-order valence-electron chi connectivity index (χ1n) is 8.88. The van der Waals surface area contributed by atoms with Crippen molar-refractivity contribution in [3.63, 3.8) is 0 Å². The molecule has 1 aliphatic rings. The lowest BCUT2D eigenvalue weighted by Crippen LogP contribution is -2.40. The second-order valence-electron chi connectivity index (χ2n) is 6.85. The largest absolute Gasteiger partial charge is 0.450 e. The van der Waals surface area contributed by atoms with Crippen LogP contribution in [0.25, 0.3) is 0 Å². The predicted molar refractivity (Wildman–Crippen MR) is 110 cm³/mol. The fourth-order valence-electron chi connectivity index (χ4n) is 3.25. The number of hydrogen-bond donors (Lipinski definition) is 1. The number of oxazole rings is 1. The Morgan fingerprint density at radius 2 is 2.04 bits per heavy atom. The van der Waals surface area contributed by atoms with Gasteiger partial charge in [-0.25, -0.2) is 9.97 Å². The molecule has 6 nitrogen and oxygen atoms in total. The number of hydrogen-bond acceptors (Lipinski definition) is 7. The van der Waals surface area contributed by atoms with Crippen molar-refractivity contribution in [3.8, 4) is 0 Å². The molecule has 0 unspecified atom stereocenters. The Hall–Kier alpha value is -1.97. The number of amides is 1. The minimum absolute atomic E-state index is 0.185. The van der Waals surface area contributed by atoms with Crippen LogP contribution in [-0.2, 0) is 5.75 Å².